The molecule has 0 atom stereocenters. The van der Waals surface area contributed by atoms with E-state index in [1.54, 1.807) is 0 Å². The van der Waals surface area contributed by atoms with Crippen LogP contribution >= 0.6 is 10.7 Å². The third kappa shape index (κ3) is 1.81. The Balaban J connectivity index is 3.09. The average Bonchev–Trinajstić information content (AvgIpc) is 2.32. The Morgan fingerprint density at radius 2 is 2.27 bits per heavy atom. The zero-order chi connectivity index (χ0) is 8.48. The van der Waals surface area contributed by atoms with Gasteiger partial charge in [-0.05, 0) is 0 Å². The molecule has 0 spiro atoms. The van der Waals surface area contributed by atoms with Gasteiger partial charge >= 0.3 is 6.01 Å². The number of nitrogens with zero attached hydrogens (tertiary/aromatic N) is 2. The van der Waals surface area contributed by atoms with Crippen LogP contribution < -0.4 is 4.74 Å². The van der Waals surface area contributed by atoms with Gasteiger partial charge in [0.1, 0.15) is 0 Å². The first-order valence-corrected chi connectivity index (χ1v) is 4.76. The molecular formula is C3H4ClN3O3S. The lowest BCUT2D eigenvalue weighted by Crippen LogP contribution is -1.92. The Labute approximate surface area is 67.0 Å². The van der Waals surface area contributed by atoms with Gasteiger partial charge in [0, 0.05) is 10.7 Å². The van der Waals surface area contributed by atoms with Gasteiger partial charge in [0.05, 0.1) is 7.11 Å². The van der Waals surface area contributed by atoms with E-state index in [1.807, 2.05) is 0 Å². The summed E-state index contributed by atoms with van der Waals surface area (Å²) in [6.45, 7) is 0. The number of ether oxygens (including phenoxy) is 1. The van der Waals surface area contributed by atoms with Crippen LogP contribution in [0.3, 0.4) is 0 Å². The zero-order valence-corrected chi connectivity index (χ0v) is 6.98. The lowest BCUT2D eigenvalue weighted by atomic mass is 11.2. The molecule has 0 unspecified atom stereocenters. The second-order valence-corrected chi connectivity index (χ2v) is 4.05. The lowest BCUT2D eigenvalue weighted by molar-refractivity contribution is 0.381. The monoisotopic (exact) mass is 197 g/mol. The highest BCUT2D eigenvalue weighted by molar-refractivity contribution is 8.13. The summed E-state index contributed by atoms with van der Waals surface area (Å²) in [6, 6.07) is -0.0655. The van der Waals surface area contributed by atoms with Crippen LogP contribution in [0.25, 0.3) is 0 Å². The molecule has 0 amide bonds. The van der Waals surface area contributed by atoms with E-state index < -0.39 is 14.2 Å². The highest BCUT2D eigenvalue weighted by Gasteiger charge is 2.15. The molecule has 0 fully saturated rings. The zero-order valence-electron chi connectivity index (χ0n) is 5.41. The number of rotatable bonds is 2. The van der Waals surface area contributed by atoms with E-state index in [0.29, 0.717) is 0 Å². The van der Waals surface area contributed by atoms with Gasteiger partial charge in [-0.1, -0.05) is 0 Å². The van der Waals surface area contributed by atoms with Crippen LogP contribution in [-0.4, -0.2) is 30.7 Å². The standard InChI is InChI=1S/C3H4ClN3O3S/c1-10-2-5-3(7-6-2)11(4,8)9/h1H3,(H,5,6,7). The number of halogens is 1. The predicted octanol–water partition coefficient (Wildman–Crippen LogP) is -0.259. The second-order valence-electron chi connectivity index (χ2n) is 1.57. The Hall–Kier alpha value is -0.820. The summed E-state index contributed by atoms with van der Waals surface area (Å²) in [4.78, 5) is 3.39. The number of methoxy groups -OCH3 is 1. The summed E-state index contributed by atoms with van der Waals surface area (Å²) in [6.07, 6.45) is 0. The van der Waals surface area contributed by atoms with E-state index in [-0.39, 0.29) is 6.01 Å². The molecule has 0 aliphatic heterocycles. The number of nitrogens with one attached hydrogen (secondary N) is 1. The molecule has 1 N–H and O–H groups in total. The van der Waals surface area contributed by atoms with Crippen LogP contribution in [0.2, 0.25) is 0 Å². The van der Waals surface area contributed by atoms with Crippen molar-refractivity contribution in [1.29, 1.82) is 0 Å². The van der Waals surface area contributed by atoms with Crippen molar-refractivity contribution in [1.82, 2.24) is 15.2 Å². The van der Waals surface area contributed by atoms with Crippen LogP contribution in [0.4, 0.5) is 0 Å². The molecule has 11 heavy (non-hydrogen) atoms. The quantitative estimate of drug-likeness (QED) is 0.661. The van der Waals surface area contributed by atoms with Crippen LogP contribution in [0.1, 0.15) is 0 Å². The first-order valence-electron chi connectivity index (χ1n) is 2.45. The molecule has 0 radical (unpaired) electrons. The van der Waals surface area contributed by atoms with Gasteiger partial charge in [0.25, 0.3) is 14.2 Å². The lowest BCUT2D eigenvalue weighted by Gasteiger charge is -1.84. The maximum Gasteiger partial charge on any atom is 0.336 e. The van der Waals surface area contributed by atoms with Gasteiger partial charge in [-0.3, -0.25) is 0 Å². The molecule has 0 aliphatic rings. The molecule has 62 valence electrons. The van der Waals surface area contributed by atoms with E-state index in [0.717, 1.165) is 0 Å². The fourth-order valence-corrected chi connectivity index (χ4v) is 0.982. The van der Waals surface area contributed by atoms with Crippen molar-refractivity contribution >= 4 is 19.7 Å². The number of H-pyrrole nitrogens is 1. The van der Waals surface area contributed by atoms with Crippen molar-refractivity contribution in [2.45, 2.75) is 5.16 Å². The third-order valence-corrected chi connectivity index (χ3v) is 1.94. The molecular weight excluding hydrogens is 194 g/mol. The summed E-state index contributed by atoms with van der Waals surface area (Å²) >= 11 is 0. The fourth-order valence-electron chi connectivity index (χ4n) is 0.433. The Morgan fingerprint density at radius 1 is 1.64 bits per heavy atom. The second kappa shape index (κ2) is 2.67. The first-order chi connectivity index (χ1) is 5.04. The Morgan fingerprint density at radius 3 is 2.55 bits per heavy atom. The largest absolute Gasteiger partial charge is 0.466 e. The minimum atomic E-state index is -3.83. The summed E-state index contributed by atoms with van der Waals surface area (Å²) < 4.78 is 25.6. The minimum Gasteiger partial charge on any atom is -0.466 e. The molecule has 1 rings (SSSR count). The van der Waals surface area contributed by atoms with E-state index in [1.165, 1.54) is 7.11 Å². The predicted molar refractivity (Wildman–Crippen MR) is 36.0 cm³/mol. The van der Waals surface area contributed by atoms with Crippen LogP contribution in [0, 0.1) is 0 Å². The third-order valence-electron chi connectivity index (χ3n) is 0.858. The average molecular weight is 198 g/mol. The van der Waals surface area contributed by atoms with Crippen molar-refractivity contribution < 1.29 is 13.2 Å². The highest BCUT2D eigenvalue weighted by atomic mass is 35.7. The maximum atomic E-state index is 10.5. The van der Waals surface area contributed by atoms with Crippen molar-refractivity contribution in [3.05, 3.63) is 0 Å². The summed E-state index contributed by atoms with van der Waals surface area (Å²) in [5, 5.41) is 5.05. The smallest absolute Gasteiger partial charge is 0.336 e. The van der Waals surface area contributed by atoms with Crippen molar-refractivity contribution in [3.8, 4) is 6.01 Å². The molecule has 0 aliphatic carbocycles. The molecule has 1 aromatic heterocycles. The van der Waals surface area contributed by atoms with Crippen LogP contribution in [0.15, 0.2) is 5.16 Å². The highest BCUT2D eigenvalue weighted by Crippen LogP contribution is 2.10. The molecule has 8 heteroatoms. The number of aromatic amines is 1. The van der Waals surface area contributed by atoms with E-state index in [4.69, 9.17) is 10.7 Å². The van der Waals surface area contributed by atoms with Crippen LogP contribution in [0.5, 0.6) is 6.01 Å². The van der Waals surface area contributed by atoms with Crippen LogP contribution in [-0.2, 0) is 9.05 Å². The molecule has 0 aromatic carbocycles. The van der Waals surface area contributed by atoms with Gasteiger partial charge in [0.15, 0.2) is 0 Å². The van der Waals surface area contributed by atoms with E-state index in [2.05, 4.69) is 19.9 Å². The summed E-state index contributed by atoms with van der Waals surface area (Å²) in [5.41, 5.74) is 0. The van der Waals surface area contributed by atoms with Gasteiger partial charge in [-0.15, -0.1) is 5.10 Å². The minimum absolute atomic E-state index is 0.0655. The molecule has 6 nitrogen and oxygen atoms in total. The Kier molecular flexibility index (Phi) is 2.01. The number of hydrogen-bond donors (Lipinski definition) is 1. The van der Waals surface area contributed by atoms with Crippen molar-refractivity contribution in [2.75, 3.05) is 7.11 Å². The van der Waals surface area contributed by atoms with Gasteiger partial charge in [0.2, 0.25) is 0 Å². The maximum absolute atomic E-state index is 10.5. The summed E-state index contributed by atoms with van der Waals surface area (Å²) in [7, 11) is 2.40. The number of aromatic nitrogens is 3. The molecule has 0 bridgehead atoms. The molecule has 1 aromatic rings. The van der Waals surface area contributed by atoms with Gasteiger partial charge < -0.3 is 4.74 Å². The van der Waals surface area contributed by atoms with E-state index >= 15 is 0 Å². The number of hydrogen-bond acceptors (Lipinski definition) is 5. The Bertz CT molecular complexity index is 344. The van der Waals surface area contributed by atoms with Gasteiger partial charge in [-0.25, -0.2) is 13.5 Å². The fraction of sp³-hybridized carbons (Fsp3) is 0.333. The molecule has 0 saturated carbocycles. The summed E-state index contributed by atoms with van der Waals surface area (Å²) in [5.74, 6) is 0. The van der Waals surface area contributed by atoms with Gasteiger partial charge in [-0.2, -0.15) is 4.98 Å². The first kappa shape index (κ1) is 8.28. The molecule has 1 heterocycles. The SMILES string of the molecule is COc1n[nH]c(S(=O)(=O)Cl)n1. The van der Waals surface area contributed by atoms with E-state index in [9.17, 15) is 8.42 Å². The molecule has 0 saturated heterocycles. The normalized spacial score (nSPS) is 11.5. The topological polar surface area (TPSA) is 84.9 Å². The van der Waals surface area contributed by atoms with Crippen molar-refractivity contribution in [3.63, 3.8) is 0 Å². The van der Waals surface area contributed by atoms with Crippen molar-refractivity contribution in [2.24, 2.45) is 0 Å².